The molecule has 4 amide bonds. The monoisotopic (exact) mass is 158 g/mol. The van der Waals surface area contributed by atoms with Crippen molar-refractivity contribution in [3.8, 4) is 0 Å². The lowest BCUT2D eigenvalue weighted by atomic mass is 10.4. The molecule has 62 valence electrons. The van der Waals surface area contributed by atoms with Gasteiger partial charge in [-0.25, -0.2) is 9.59 Å². The molecule has 11 heavy (non-hydrogen) atoms. The highest BCUT2D eigenvalue weighted by Gasteiger charge is 1.99. The van der Waals surface area contributed by atoms with Gasteiger partial charge in [0, 0.05) is 6.04 Å². The van der Waals surface area contributed by atoms with Crippen LogP contribution in [0.5, 0.6) is 0 Å². The SMILES string of the molecule is CC(C)NC(=O)N=NC(N)=O. The second kappa shape index (κ2) is 4.37. The van der Waals surface area contributed by atoms with Gasteiger partial charge in [-0.3, -0.25) is 0 Å². The smallest absolute Gasteiger partial charge is 0.348 e. The van der Waals surface area contributed by atoms with E-state index >= 15 is 0 Å². The molecular weight excluding hydrogens is 148 g/mol. The molecule has 0 aromatic heterocycles. The third kappa shape index (κ3) is 6.42. The highest BCUT2D eigenvalue weighted by atomic mass is 16.2. The van der Waals surface area contributed by atoms with Gasteiger partial charge in [-0.05, 0) is 13.8 Å². The topological polar surface area (TPSA) is 96.9 Å². The number of urea groups is 2. The van der Waals surface area contributed by atoms with Crippen LogP contribution in [0, 0.1) is 0 Å². The molecule has 0 spiro atoms. The van der Waals surface area contributed by atoms with Crippen LogP contribution < -0.4 is 11.1 Å². The van der Waals surface area contributed by atoms with Gasteiger partial charge in [0.25, 0.3) is 0 Å². The van der Waals surface area contributed by atoms with Crippen molar-refractivity contribution in [1.29, 1.82) is 0 Å². The molecule has 0 saturated heterocycles. The Bertz CT molecular complexity index is 187. The molecule has 0 aromatic carbocycles. The van der Waals surface area contributed by atoms with Gasteiger partial charge in [0.05, 0.1) is 0 Å². The van der Waals surface area contributed by atoms with Crippen LogP contribution in [0.2, 0.25) is 0 Å². The van der Waals surface area contributed by atoms with Gasteiger partial charge in [0.2, 0.25) is 0 Å². The van der Waals surface area contributed by atoms with Crippen molar-refractivity contribution in [2.24, 2.45) is 16.0 Å². The van der Waals surface area contributed by atoms with Crippen molar-refractivity contribution in [2.45, 2.75) is 19.9 Å². The van der Waals surface area contributed by atoms with Gasteiger partial charge in [0.1, 0.15) is 0 Å². The van der Waals surface area contributed by atoms with Gasteiger partial charge in [-0.1, -0.05) is 10.2 Å². The maximum atomic E-state index is 10.6. The van der Waals surface area contributed by atoms with E-state index in [2.05, 4.69) is 21.3 Å². The number of hydrogen-bond acceptors (Lipinski definition) is 2. The molecule has 0 aromatic rings. The summed E-state index contributed by atoms with van der Waals surface area (Å²) in [7, 11) is 0. The van der Waals surface area contributed by atoms with Gasteiger partial charge in [-0.2, -0.15) is 0 Å². The third-order valence-corrected chi connectivity index (χ3v) is 0.652. The zero-order valence-corrected chi connectivity index (χ0v) is 6.37. The van der Waals surface area contributed by atoms with Crippen molar-refractivity contribution in [3.63, 3.8) is 0 Å². The van der Waals surface area contributed by atoms with Crippen LogP contribution >= 0.6 is 0 Å². The Morgan fingerprint density at radius 2 is 1.91 bits per heavy atom. The number of carbonyl (C=O) groups excluding carboxylic acids is 2. The van der Waals surface area contributed by atoms with E-state index in [1.165, 1.54) is 0 Å². The molecule has 0 rings (SSSR count). The van der Waals surface area contributed by atoms with Crippen LogP contribution in [0.25, 0.3) is 0 Å². The fourth-order valence-electron chi connectivity index (χ4n) is 0.371. The first kappa shape index (κ1) is 9.54. The minimum absolute atomic E-state index is 0.0330. The van der Waals surface area contributed by atoms with Crippen LogP contribution in [0.15, 0.2) is 10.2 Å². The Balaban J connectivity index is 3.78. The second-order valence-electron chi connectivity index (χ2n) is 2.14. The highest BCUT2D eigenvalue weighted by molar-refractivity contribution is 5.78. The van der Waals surface area contributed by atoms with Crippen LogP contribution in [-0.2, 0) is 0 Å². The molecule has 0 aliphatic carbocycles. The Kier molecular flexibility index (Phi) is 3.79. The molecule has 0 bridgehead atoms. The number of carbonyl (C=O) groups is 2. The van der Waals surface area contributed by atoms with E-state index in [1.54, 1.807) is 13.8 Å². The van der Waals surface area contributed by atoms with E-state index < -0.39 is 12.1 Å². The van der Waals surface area contributed by atoms with Crippen LogP contribution in [0.3, 0.4) is 0 Å². The minimum atomic E-state index is -0.982. The van der Waals surface area contributed by atoms with Gasteiger partial charge >= 0.3 is 12.1 Å². The lowest BCUT2D eigenvalue weighted by molar-refractivity contribution is 0.242. The molecular formula is C5H10N4O2. The maximum Gasteiger partial charge on any atom is 0.359 e. The van der Waals surface area contributed by atoms with Crippen molar-refractivity contribution in [1.82, 2.24) is 5.32 Å². The Hall–Kier alpha value is -1.46. The van der Waals surface area contributed by atoms with Crippen molar-refractivity contribution in [3.05, 3.63) is 0 Å². The summed E-state index contributed by atoms with van der Waals surface area (Å²) in [6.45, 7) is 3.52. The molecule has 3 N–H and O–H groups in total. The number of nitrogens with one attached hydrogen (secondary N) is 1. The zero-order valence-electron chi connectivity index (χ0n) is 6.37. The summed E-state index contributed by atoms with van der Waals surface area (Å²) in [6.07, 6.45) is 0. The molecule has 0 aliphatic rings. The summed E-state index contributed by atoms with van der Waals surface area (Å²) in [5, 5.41) is 8.18. The molecule has 0 fully saturated rings. The Morgan fingerprint density at radius 1 is 1.36 bits per heavy atom. The Labute approximate surface area is 63.9 Å². The number of primary amides is 1. The van der Waals surface area contributed by atoms with Crippen LogP contribution in [0.1, 0.15) is 13.8 Å². The zero-order chi connectivity index (χ0) is 8.85. The Morgan fingerprint density at radius 3 is 2.27 bits per heavy atom. The quantitative estimate of drug-likeness (QED) is 0.547. The minimum Gasteiger partial charge on any atom is -0.348 e. The molecule has 6 nitrogen and oxygen atoms in total. The number of nitrogens with two attached hydrogens (primary N) is 1. The third-order valence-electron chi connectivity index (χ3n) is 0.652. The first-order valence-electron chi connectivity index (χ1n) is 3.04. The summed E-state index contributed by atoms with van der Waals surface area (Å²) in [4.78, 5) is 20.5. The van der Waals surface area contributed by atoms with Crippen molar-refractivity contribution < 1.29 is 9.59 Å². The normalized spacial score (nSPS) is 10.5. The average molecular weight is 158 g/mol. The van der Waals surface area contributed by atoms with E-state index in [-0.39, 0.29) is 6.04 Å². The molecule has 0 saturated carbocycles. The number of hydrogen-bond donors (Lipinski definition) is 2. The van der Waals surface area contributed by atoms with Gasteiger partial charge in [-0.15, -0.1) is 0 Å². The van der Waals surface area contributed by atoms with Gasteiger partial charge < -0.3 is 11.1 Å². The van der Waals surface area contributed by atoms with Crippen LogP contribution in [0.4, 0.5) is 9.59 Å². The first-order chi connectivity index (χ1) is 5.02. The fourth-order valence-corrected chi connectivity index (χ4v) is 0.371. The average Bonchev–Trinajstić information content (AvgIpc) is 1.82. The summed E-state index contributed by atoms with van der Waals surface area (Å²) in [5.74, 6) is 0. The summed E-state index contributed by atoms with van der Waals surface area (Å²) in [6, 6.07) is -1.68. The fraction of sp³-hybridized carbons (Fsp3) is 0.600. The number of nitrogens with zero attached hydrogens (tertiary/aromatic N) is 2. The lowest BCUT2D eigenvalue weighted by Gasteiger charge is -2.01. The largest absolute Gasteiger partial charge is 0.359 e. The van der Waals surface area contributed by atoms with Crippen molar-refractivity contribution in [2.75, 3.05) is 0 Å². The number of azo groups is 1. The van der Waals surface area contributed by atoms with Crippen molar-refractivity contribution >= 4 is 12.1 Å². The molecule has 6 heteroatoms. The first-order valence-corrected chi connectivity index (χ1v) is 3.04. The van der Waals surface area contributed by atoms with E-state index in [4.69, 9.17) is 0 Å². The number of rotatable bonds is 1. The predicted molar refractivity (Wildman–Crippen MR) is 38.1 cm³/mol. The lowest BCUT2D eigenvalue weighted by Crippen LogP contribution is -2.27. The van der Waals surface area contributed by atoms with Crippen LogP contribution in [-0.4, -0.2) is 18.1 Å². The maximum absolute atomic E-state index is 10.6. The predicted octanol–water partition coefficient (Wildman–Crippen LogP) is 0.635. The molecule has 0 unspecified atom stereocenters. The number of amides is 4. The van der Waals surface area contributed by atoms with E-state index in [9.17, 15) is 9.59 Å². The second-order valence-corrected chi connectivity index (χ2v) is 2.14. The molecule has 0 radical (unpaired) electrons. The van der Waals surface area contributed by atoms with E-state index in [1.807, 2.05) is 0 Å². The van der Waals surface area contributed by atoms with E-state index in [0.29, 0.717) is 0 Å². The summed E-state index contributed by atoms with van der Waals surface area (Å²) >= 11 is 0. The summed E-state index contributed by atoms with van der Waals surface area (Å²) < 4.78 is 0. The standard InChI is InChI=1S/C5H10N4O2/c1-3(2)7-5(11)9-8-4(6)10/h3H,1-2H3,(H2,6,10)(H,7,11). The molecule has 0 heterocycles. The highest BCUT2D eigenvalue weighted by Crippen LogP contribution is 1.82. The van der Waals surface area contributed by atoms with E-state index in [0.717, 1.165) is 0 Å². The summed E-state index contributed by atoms with van der Waals surface area (Å²) in [5.41, 5.74) is 4.59. The van der Waals surface area contributed by atoms with Gasteiger partial charge in [0.15, 0.2) is 0 Å². The molecule has 0 aliphatic heterocycles. The molecule has 0 atom stereocenters.